The van der Waals surface area contributed by atoms with Crippen LogP contribution in [-0.2, 0) is 19.6 Å². The Bertz CT molecular complexity index is 631. The van der Waals surface area contributed by atoms with Crippen molar-refractivity contribution in [2.75, 3.05) is 18.8 Å². The molecule has 142 valence electrons. The number of aliphatic carboxylic acids is 1. The summed E-state index contributed by atoms with van der Waals surface area (Å²) in [7, 11) is -3.62. The predicted molar refractivity (Wildman–Crippen MR) is 92.3 cm³/mol. The molecule has 8 heteroatoms. The molecule has 0 aromatic heterocycles. The average molecular weight is 372 g/mol. The van der Waals surface area contributed by atoms with Gasteiger partial charge in [0.25, 0.3) is 0 Å². The molecule has 1 atom stereocenters. The van der Waals surface area contributed by atoms with Crippen molar-refractivity contribution in [3.8, 4) is 0 Å². The van der Waals surface area contributed by atoms with Gasteiger partial charge in [-0.1, -0.05) is 6.92 Å². The average Bonchev–Trinajstić information content (AvgIpc) is 3.23. The number of carboxylic acids is 1. The van der Waals surface area contributed by atoms with Crippen LogP contribution in [0.2, 0.25) is 0 Å². The van der Waals surface area contributed by atoms with Gasteiger partial charge in [0, 0.05) is 19.1 Å². The molecule has 1 heterocycles. The Morgan fingerprint density at radius 2 is 1.76 bits per heavy atom. The summed E-state index contributed by atoms with van der Waals surface area (Å²) in [5.74, 6) is -1.29. The highest BCUT2D eigenvalue weighted by molar-refractivity contribution is 7.90. The second-order valence-corrected chi connectivity index (χ2v) is 9.93. The molecule has 0 aromatic rings. The third-order valence-corrected chi connectivity index (χ3v) is 7.59. The molecule has 1 spiro atoms. The minimum absolute atomic E-state index is 0.0542. The van der Waals surface area contributed by atoms with Gasteiger partial charge in [-0.15, -0.1) is 0 Å². The lowest BCUT2D eigenvalue weighted by molar-refractivity contribution is -0.139. The third-order valence-electron chi connectivity index (χ3n) is 6.28. The second-order valence-electron chi connectivity index (χ2n) is 8.17. The number of hydrogen-bond acceptors (Lipinski definition) is 4. The van der Waals surface area contributed by atoms with Crippen molar-refractivity contribution in [2.45, 2.75) is 57.9 Å². The van der Waals surface area contributed by atoms with Gasteiger partial charge in [0.05, 0.1) is 5.92 Å². The molecule has 0 radical (unpaired) electrons. The van der Waals surface area contributed by atoms with Crippen LogP contribution in [0.5, 0.6) is 0 Å². The first-order chi connectivity index (χ1) is 11.7. The van der Waals surface area contributed by atoms with E-state index in [1.165, 1.54) is 0 Å². The van der Waals surface area contributed by atoms with Crippen LogP contribution >= 0.6 is 0 Å². The fourth-order valence-corrected chi connectivity index (χ4v) is 5.71. The molecular formula is C17H28N2O5S. The van der Waals surface area contributed by atoms with Gasteiger partial charge in [-0.3, -0.25) is 9.59 Å². The molecule has 2 saturated carbocycles. The lowest BCUT2D eigenvalue weighted by atomic mass is 9.88. The lowest BCUT2D eigenvalue weighted by Crippen LogP contribution is -2.46. The minimum atomic E-state index is -3.62. The molecular weight excluding hydrogens is 344 g/mol. The number of rotatable bonds is 5. The van der Waals surface area contributed by atoms with E-state index in [0.29, 0.717) is 38.3 Å². The molecule has 2 aliphatic carbocycles. The van der Waals surface area contributed by atoms with Crippen molar-refractivity contribution in [3.05, 3.63) is 0 Å². The van der Waals surface area contributed by atoms with Crippen LogP contribution in [0.3, 0.4) is 0 Å². The molecule has 1 saturated heterocycles. The van der Waals surface area contributed by atoms with E-state index in [2.05, 4.69) is 11.6 Å². The smallest absolute Gasteiger partial charge is 0.307 e. The van der Waals surface area contributed by atoms with E-state index in [1.54, 1.807) is 4.90 Å². The van der Waals surface area contributed by atoms with Crippen molar-refractivity contribution >= 4 is 21.9 Å². The van der Waals surface area contributed by atoms with Gasteiger partial charge in [-0.25, -0.2) is 13.1 Å². The number of sulfonamides is 1. The van der Waals surface area contributed by atoms with Crippen LogP contribution < -0.4 is 4.72 Å². The monoisotopic (exact) mass is 372 g/mol. The fourth-order valence-electron chi connectivity index (χ4n) is 4.38. The van der Waals surface area contributed by atoms with Gasteiger partial charge in [-0.05, 0) is 56.3 Å². The number of carboxylic acid groups (broad SMARTS) is 1. The van der Waals surface area contributed by atoms with Gasteiger partial charge in [0.15, 0.2) is 0 Å². The maximum Gasteiger partial charge on any atom is 0.307 e. The summed E-state index contributed by atoms with van der Waals surface area (Å²) in [5.41, 5.74) is -0.154. The first-order valence-corrected chi connectivity index (χ1v) is 10.9. The van der Waals surface area contributed by atoms with E-state index in [0.717, 1.165) is 25.7 Å². The number of amides is 1. The van der Waals surface area contributed by atoms with Gasteiger partial charge in [-0.2, -0.15) is 0 Å². The first-order valence-electron chi connectivity index (χ1n) is 9.21. The zero-order valence-electron chi connectivity index (χ0n) is 14.7. The Hall–Kier alpha value is -1.15. The molecule has 0 aromatic carbocycles. The summed E-state index contributed by atoms with van der Waals surface area (Å²) in [4.78, 5) is 25.0. The molecule has 0 bridgehead atoms. The number of carbonyl (C=O) groups is 2. The van der Waals surface area contributed by atoms with Crippen LogP contribution in [0.25, 0.3) is 0 Å². The van der Waals surface area contributed by atoms with Crippen LogP contribution in [0.1, 0.15) is 51.9 Å². The summed E-state index contributed by atoms with van der Waals surface area (Å²) >= 11 is 0. The summed E-state index contributed by atoms with van der Waals surface area (Å²) in [6, 6.07) is -0.0542. The van der Waals surface area contributed by atoms with E-state index in [4.69, 9.17) is 5.11 Å². The van der Waals surface area contributed by atoms with Crippen molar-refractivity contribution in [1.82, 2.24) is 9.62 Å². The van der Waals surface area contributed by atoms with Crippen LogP contribution in [-0.4, -0.2) is 55.2 Å². The van der Waals surface area contributed by atoms with Crippen molar-refractivity contribution < 1.29 is 23.1 Å². The molecule has 25 heavy (non-hydrogen) atoms. The molecule has 1 unspecified atom stereocenters. The lowest BCUT2D eigenvalue weighted by Gasteiger charge is -2.33. The third kappa shape index (κ3) is 4.34. The minimum Gasteiger partial charge on any atom is -0.481 e. The van der Waals surface area contributed by atoms with Crippen molar-refractivity contribution in [2.24, 2.45) is 17.3 Å². The maximum atomic E-state index is 12.3. The predicted octanol–water partition coefficient (Wildman–Crippen LogP) is 1.20. The number of nitrogens with zero attached hydrogens (tertiary/aromatic N) is 1. The number of hydrogen-bond donors (Lipinski definition) is 2. The molecule has 2 N–H and O–H groups in total. The topological polar surface area (TPSA) is 104 Å². The second kappa shape index (κ2) is 6.87. The van der Waals surface area contributed by atoms with Crippen LogP contribution in [0.15, 0.2) is 0 Å². The number of piperidine rings is 1. The normalized spacial score (nSPS) is 31.7. The van der Waals surface area contributed by atoms with E-state index >= 15 is 0 Å². The van der Waals surface area contributed by atoms with Crippen molar-refractivity contribution in [1.29, 1.82) is 0 Å². The molecule has 3 fully saturated rings. The van der Waals surface area contributed by atoms with Gasteiger partial charge in [0.2, 0.25) is 15.9 Å². The van der Waals surface area contributed by atoms with E-state index in [1.807, 2.05) is 0 Å². The van der Waals surface area contributed by atoms with Crippen LogP contribution in [0, 0.1) is 17.3 Å². The zero-order chi connectivity index (χ0) is 18.2. The van der Waals surface area contributed by atoms with Gasteiger partial charge < -0.3 is 10.0 Å². The largest absolute Gasteiger partial charge is 0.481 e. The standard InChI is InChI=1S/C17H28N2O5S/c1-12-2-4-13(5-3-12)18-25(23,24)11-15(20)19-8-6-17(7-9-19)10-14(17)16(21)22/h12-14,18H,2-11H2,1H3,(H,21,22). The Kier molecular flexibility index (Phi) is 5.12. The summed E-state index contributed by atoms with van der Waals surface area (Å²) in [5, 5.41) is 9.10. The summed E-state index contributed by atoms with van der Waals surface area (Å²) in [6.45, 7) is 3.09. The van der Waals surface area contributed by atoms with E-state index in [9.17, 15) is 18.0 Å². The van der Waals surface area contributed by atoms with Gasteiger partial charge in [0.1, 0.15) is 5.75 Å². The zero-order valence-corrected chi connectivity index (χ0v) is 15.6. The molecule has 3 rings (SSSR count). The number of carbonyl (C=O) groups excluding carboxylic acids is 1. The highest BCUT2D eigenvalue weighted by Crippen LogP contribution is 2.59. The quantitative estimate of drug-likeness (QED) is 0.755. The number of likely N-dealkylation sites (tertiary alicyclic amines) is 1. The Labute approximate surface area is 149 Å². The van der Waals surface area contributed by atoms with E-state index < -0.39 is 21.7 Å². The number of nitrogens with one attached hydrogen (secondary N) is 1. The summed E-state index contributed by atoms with van der Waals surface area (Å²) < 4.78 is 27.2. The molecule has 3 aliphatic rings. The molecule has 1 aliphatic heterocycles. The Morgan fingerprint density at radius 3 is 2.28 bits per heavy atom. The highest BCUT2D eigenvalue weighted by Gasteiger charge is 2.59. The highest BCUT2D eigenvalue weighted by atomic mass is 32.2. The van der Waals surface area contributed by atoms with E-state index in [-0.39, 0.29) is 23.3 Å². The fraction of sp³-hybridized carbons (Fsp3) is 0.882. The van der Waals surface area contributed by atoms with Gasteiger partial charge >= 0.3 is 5.97 Å². The molecule has 7 nitrogen and oxygen atoms in total. The Balaban J connectivity index is 1.47. The maximum absolute atomic E-state index is 12.3. The summed E-state index contributed by atoms with van der Waals surface area (Å²) in [6.07, 6.45) is 5.69. The SMILES string of the molecule is CC1CCC(NS(=O)(=O)CC(=O)N2CCC3(CC2)CC3C(=O)O)CC1. The Morgan fingerprint density at radius 1 is 1.16 bits per heavy atom. The first kappa shape index (κ1) is 18.6. The molecule has 1 amide bonds. The van der Waals surface area contributed by atoms with Crippen LogP contribution in [0.4, 0.5) is 0 Å². The van der Waals surface area contributed by atoms with Crippen molar-refractivity contribution in [3.63, 3.8) is 0 Å².